The molecule has 116 valence electrons. The topological polar surface area (TPSA) is 0 Å². The van der Waals surface area contributed by atoms with Crippen molar-refractivity contribution in [2.75, 3.05) is 0 Å². The Kier molecular flexibility index (Phi) is 3.30. The van der Waals surface area contributed by atoms with Crippen molar-refractivity contribution in [1.82, 2.24) is 0 Å². The monoisotopic (exact) mass is 300 g/mol. The molecule has 0 saturated carbocycles. The number of fused-ring (bicyclic) bond motifs is 2. The first-order chi connectivity index (χ1) is 11.0. The summed E-state index contributed by atoms with van der Waals surface area (Å²) in [5.41, 5.74) is 10.6. The van der Waals surface area contributed by atoms with Gasteiger partial charge in [0.2, 0.25) is 0 Å². The second kappa shape index (κ2) is 5.23. The highest BCUT2D eigenvalue weighted by Crippen LogP contribution is 2.44. The summed E-state index contributed by atoms with van der Waals surface area (Å²) in [6.45, 7) is 6.90. The van der Waals surface area contributed by atoms with Gasteiger partial charge in [-0.05, 0) is 58.1 Å². The largest absolute Gasteiger partial charge is 0.0622 e. The van der Waals surface area contributed by atoms with Gasteiger partial charge in [-0.25, -0.2) is 0 Å². The highest BCUT2D eigenvalue weighted by Gasteiger charge is 2.25. The molecule has 2 aliphatic rings. The summed E-state index contributed by atoms with van der Waals surface area (Å²) < 4.78 is 0. The van der Waals surface area contributed by atoms with Crippen molar-refractivity contribution < 1.29 is 0 Å². The van der Waals surface area contributed by atoms with E-state index in [-0.39, 0.29) is 5.41 Å². The van der Waals surface area contributed by atoms with E-state index < -0.39 is 0 Å². The van der Waals surface area contributed by atoms with Crippen LogP contribution >= 0.6 is 0 Å². The van der Waals surface area contributed by atoms with Crippen LogP contribution in [0.5, 0.6) is 0 Å². The standard InChI is InChI=1S/C23H24/c1-23(2,3)20-12-11-17-9-10-18-13-19(14-21(18)22(17)15-20)16-7-5-4-6-8-16/h4-8,11-12,14-15H,9-10,13H2,1-3H3. The van der Waals surface area contributed by atoms with E-state index in [0.717, 1.165) is 6.42 Å². The first-order valence-corrected chi connectivity index (χ1v) is 8.64. The Morgan fingerprint density at radius 1 is 0.870 bits per heavy atom. The first-order valence-electron chi connectivity index (χ1n) is 8.64. The third kappa shape index (κ3) is 2.57. The van der Waals surface area contributed by atoms with Crippen LogP contribution in [0.1, 0.15) is 55.9 Å². The summed E-state index contributed by atoms with van der Waals surface area (Å²) in [4.78, 5) is 0. The van der Waals surface area contributed by atoms with Gasteiger partial charge in [0.1, 0.15) is 0 Å². The number of hydrogen-bond acceptors (Lipinski definition) is 0. The van der Waals surface area contributed by atoms with Crippen LogP contribution in [0, 0.1) is 0 Å². The molecule has 0 unspecified atom stereocenters. The summed E-state index contributed by atoms with van der Waals surface area (Å²) >= 11 is 0. The first kappa shape index (κ1) is 14.5. The lowest BCUT2D eigenvalue weighted by Crippen LogP contribution is -2.13. The number of benzene rings is 2. The van der Waals surface area contributed by atoms with Gasteiger partial charge in [-0.15, -0.1) is 0 Å². The SMILES string of the molecule is CC(C)(C)c1ccc2c(c1)C1=C(CC2)CC(c2ccccc2)=C1. The van der Waals surface area contributed by atoms with E-state index in [2.05, 4.69) is 75.4 Å². The molecule has 0 fully saturated rings. The molecule has 2 aromatic rings. The van der Waals surface area contributed by atoms with E-state index in [4.69, 9.17) is 0 Å². The lowest BCUT2D eigenvalue weighted by Gasteiger charge is -2.24. The molecule has 0 bridgehead atoms. The van der Waals surface area contributed by atoms with E-state index >= 15 is 0 Å². The molecule has 0 heterocycles. The Morgan fingerprint density at radius 2 is 1.65 bits per heavy atom. The Bertz CT molecular complexity index is 811. The Hall–Kier alpha value is -2.08. The van der Waals surface area contributed by atoms with Crippen LogP contribution in [0.3, 0.4) is 0 Å². The van der Waals surface area contributed by atoms with Gasteiger partial charge in [-0.3, -0.25) is 0 Å². The molecule has 0 saturated heterocycles. The van der Waals surface area contributed by atoms with Crippen LogP contribution < -0.4 is 0 Å². The predicted molar refractivity (Wildman–Crippen MR) is 99.4 cm³/mol. The van der Waals surface area contributed by atoms with Crippen molar-refractivity contribution >= 4 is 11.1 Å². The normalized spacial score (nSPS) is 16.9. The molecule has 0 radical (unpaired) electrons. The summed E-state index contributed by atoms with van der Waals surface area (Å²) in [6, 6.07) is 18.0. The predicted octanol–water partition coefficient (Wildman–Crippen LogP) is 6.17. The van der Waals surface area contributed by atoms with E-state index in [1.807, 2.05) is 0 Å². The van der Waals surface area contributed by atoms with Gasteiger partial charge in [-0.1, -0.05) is 81.0 Å². The summed E-state index contributed by atoms with van der Waals surface area (Å²) in [6.07, 6.45) is 5.96. The van der Waals surface area contributed by atoms with E-state index in [0.29, 0.717) is 0 Å². The van der Waals surface area contributed by atoms with Gasteiger partial charge in [-0.2, -0.15) is 0 Å². The molecule has 2 aromatic carbocycles. The van der Waals surface area contributed by atoms with Crippen molar-refractivity contribution in [3.8, 4) is 0 Å². The fourth-order valence-corrected chi connectivity index (χ4v) is 3.78. The number of aryl methyl sites for hydroxylation is 1. The van der Waals surface area contributed by atoms with Gasteiger partial charge in [0.05, 0.1) is 0 Å². The molecule has 0 N–H and O–H groups in total. The summed E-state index contributed by atoms with van der Waals surface area (Å²) in [7, 11) is 0. The van der Waals surface area contributed by atoms with Gasteiger partial charge in [0.25, 0.3) is 0 Å². The fraction of sp³-hybridized carbons (Fsp3) is 0.304. The summed E-state index contributed by atoms with van der Waals surface area (Å²) in [5, 5.41) is 0. The van der Waals surface area contributed by atoms with Crippen molar-refractivity contribution in [3.63, 3.8) is 0 Å². The van der Waals surface area contributed by atoms with Crippen molar-refractivity contribution in [2.24, 2.45) is 0 Å². The highest BCUT2D eigenvalue weighted by atomic mass is 14.3. The van der Waals surface area contributed by atoms with Crippen molar-refractivity contribution in [2.45, 2.75) is 45.4 Å². The van der Waals surface area contributed by atoms with Crippen molar-refractivity contribution in [1.29, 1.82) is 0 Å². The number of hydrogen-bond donors (Lipinski definition) is 0. The van der Waals surface area contributed by atoms with Crippen LogP contribution in [0.15, 0.2) is 60.2 Å². The van der Waals surface area contributed by atoms with E-state index in [9.17, 15) is 0 Å². The second-order valence-corrected chi connectivity index (χ2v) is 7.85. The molecule has 0 nitrogen and oxygen atoms in total. The maximum absolute atomic E-state index is 2.44. The molecular formula is C23H24. The highest BCUT2D eigenvalue weighted by molar-refractivity contribution is 5.93. The molecule has 0 aromatic heterocycles. The fourth-order valence-electron chi connectivity index (χ4n) is 3.78. The van der Waals surface area contributed by atoms with Crippen LogP contribution in [-0.4, -0.2) is 0 Å². The zero-order valence-corrected chi connectivity index (χ0v) is 14.3. The van der Waals surface area contributed by atoms with Crippen LogP contribution in [0.4, 0.5) is 0 Å². The van der Waals surface area contributed by atoms with Gasteiger partial charge in [0, 0.05) is 0 Å². The number of allylic oxidation sites excluding steroid dienone is 4. The molecule has 0 heteroatoms. The average Bonchev–Trinajstić information content (AvgIpc) is 2.99. The second-order valence-electron chi connectivity index (χ2n) is 7.85. The smallest absolute Gasteiger partial charge is 0.00516 e. The maximum atomic E-state index is 2.44. The third-order valence-corrected chi connectivity index (χ3v) is 5.21. The Balaban J connectivity index is 1.78. The van der Waals surface area contributed by atoms with Crippen LogP contribution in [-0.2, 0) is 11.8 Å². The van der Waals surface area contributed by atoms with Gasteiger partial charge < -0.3 is 0 Å². The van der Waals surface area contributed by atoms with Crippen LogP contribution in [0.2, 0.25) is 0 Å². The molecule has 4 rings (SSSR count). The quantitative estimate of drug-likeness (QED) is 0.590. The minimum absolute atomic E-state index is 0.206. The summed E-state index contributed by atoms with van der Waals surface area (Å²) in [5.74, 6) is 0. The van der Waals surface area contributed by atoms with E-state index in [1.54, 1.807) is 5.57 Å². The molecule has 2 aliphatic carbocycles. The van der Waals surface area contributed by atoms with Crippen LogP contribution in [0.25, 0.3) is 11.1 Å². The molecule has 23 heavy (non-hydrogen) atoms. The lowest BCUT2D eigenvalue weighted by atomic mass is 9.80. The van der Waals surface area contributed by atoms with E-state index in [1.165, 1.54) is 46.2 Å². The maximum Gasteiger partial charge on any atom is -0.00516 e. The lowest BCUT2D eigenvalue weighted by molar-refractivity contribution is 0.589. The minimum atomic E-state index is 0.206. The van der Waals surface area contributed by atoms with Gasteiger partial charge in [0.15, 0.2) is 0 Å². The molecule has 0 aliphatic heterocycles. The zero-order valence-electron chi connectivity index (χ0n) is 14.3. The molecule has 0 amide bonds. The third-order valence-electron chi connectivity index (χ3n) is 5.21. The molecule has 0 atom stereocenters. The Labute approximate surface area is 139 Å². The minimum Gasteiger partial charge on any atom is -0.0622 e. The van der Waals surface area contributed by atoms with Crippen molar-refractivity contribution in [3.05, 3.63) is 82.4 Å². The Morgan fingerprint density at radius 3 is 2.39 bits per heavy atom. The van der Waals surface area contributed by atoms with Gasteiger partial charge >= 0.3 is 0 Å². The molecular weight excluding hydrogens is 276 g/mol. The average molecular weight is 300 g/mol. The molecule has 0 spiro atoms. The number of rotatable bonds is 1. The zero-order chi connectivity index (χ0) is 16.0.